The van der Waals surface area contributed by atoms with E-state index in [9.17, 15) is 13.2 Å². The van der Waals surface area contributed by atoms with Gasteiger partial charge < -0.3 is 15.4 Å². The van der Waals surface area contributed by atoms with Gasteiger partial charge in [0.2, 0.25) is 0 Å². The van der Waals surface area contributed by atoms with Gasteiger partial charge in [-0.1, -0.05) is 12.1 Å². The minimum Gasteiger partial charge on any atom is -0.488 e. The van der Waals surface area contributed by atoms with Gasteiger partial charge in [-0.15, -0.1) is 10.2 Å². The van der Waals surface area contributed by atoms with E-state index in [-0.39, 0.29) is 17.9 Å². The minimum absolute atomic E-state index is 0.0435. The number of halogens is 3. The van der Waals surface area contributed by atoms with Crippen LogP contribution in [0.3, 0.4) is 0 Å². The van der Waals surface area contributed by atoms with Crippen molar-refractivity contribution in [3.05, 3.63) is 59.5 Å². The summed E-state index contributed by atoms with van der Waals surface area (Å²) in [5, 5.41) is 14.3. The second kappa shape index (κ2) is 9.46. The second-order valence-corrected chi connectivity index (χ2v) is 8.18. The Balaban J connectivity index is 1.62. The zero-order chi connectivity index (χ0) is 23.4. The Labute approximate surface area is 184 Å². The Morgan fingerprint density at radius 2 is 1.88 bits per heavy atom. The molecule has 10 heteroatoms. The van der Waals surface area contributed by atoms with Crippen LogP contribution in [-0.2, 0) is 19.1 Å². The zero-order valence-corrected chi connectivity index (χ0v) is 18.5. The fourth-order valence-corrected chi connectivity index (χ4v) is 3.14. The molecule has 0 unspecified atom stereocenters. The van der Waals surface area contributed by atoms with Gasteiger partial charge in [0.25, 0.3) is 0 Å². The third kappa shape index (κ3) is 6.12. The average molecular weight is 448 g/mol. The lowest BCUT2D eigenvalue weighted by Gasteiger charge is -2.23. The predicted molar refractivity (Wildman–Crippen MR) is 117 cm³/mol. The van der Waals surface area contributed by atoms with E-state index >= 15 is 0 Å². The van der Waals surface area contributed by atoms with Crippen molar-refractivity contribution in [3.63, 3.8) is 0 Å². The fourth-order valence-electron chi connectivity index (χ4n) is 3.14. The van der Waals surface area contributed by atoms with E-state index in [1.54, 1.807) is 33.9 Å². The summed E-state index contributed by atoms with van der Waals surface area (Å²) in [6.07, 6.45) is -2.05. The van der Waals surface area contributed by atoms with Crippen molar-refractivity contribution in [2.24, 2.45) is 4.99 Å². The quantitative estimate of drug-likeness (QED) is 0.443. The van der Waals surface area contributed by atoms with Crippen molar-refractivity contribution in [2.45, 2.75) is 45.5 Å². The first kappa shape index (κ1) is 23.4. The Morgan fingerprint density at radius 3 is 2.56 bits per heavy atom. The largest absolute Gasteiger partial charge is 0.488 e. The number of pyridine rings is 1. The van der Waals surface area contributed by atoms with Gasteiger partial charge in [-0.25, -0.2) is 0 Å². The number of rotatable bonds is 6. The lowest BCUT2D eigenvalue weighted by Crippen LogP contribution is -2.38. The number of ether oxygens (including phenoxy) is 1. The summed E-state index contributed by atoms with van der Waals surface area (Å²) in [6.45, 7) is 5.80. The minimum atomic E-state index is -4.50. The molecule has 1 aromatic carbocycles. The van der Waals surface area contributed by atoms with Gasteiger partial charge in [0.15, 0.2) is 11.6 Å². The fraction of sp³-hybridized carbons (Fsp3) is 0.409. The maximum atomic E-state index is 13.6. The second-order valence-electron chi connectivity index (χ2n) is 8.18. The summed E-state index contributed by atoms with van der Waals surface area (Å²) in [7, 11) is 1.56. The first-order chi connectivity index (χ1) is 15.1. The molecule has 0 atom stereocenters. The summed E-state index contributed by atoms with van der Waals surface area (Å²) in [5.41, 5.74) is -0.476. The normalized spacial score (nSPS) is 12.8. The van der Waals surface area contributed by atoms with Crippen molar-refractivity contribution < 1.29 is 17.9 Å². The number of fused-ring (bicyclic) bond motifs is 1. The molecule has 172 valence electrons. The van der Waals surface area contributed by atoms with Gasteiger partial charge in [-0.2, -0.15) is 13.2 Å². The molecule has 0 saturated carbocycles. The van der Waals surface area contributed by atoms with Gasteiger partial charge in [0.05, 0.1) is 5.56 Å². The molecule has 0 radical (unpaired) electrons. The summed E-state index contributed by atoms with van der Waals surface area (Å²) in [6, 6.07) is 9.64. The molecule has 0 bridgehead atoms. The van der Waals surface area contributed by atoms with Gasteiger partial charge >= 0.3 is 6.18 Å². The molecule has 2 heterocycles. The number of nitrogens with one attached hydrogen (secondary N) is 2. The van der Waals surface area contributed by atoms with Crippen LogP contribution in [0.4, 0.5) is 13.2 Å². The molecular formula is C22H27F3N6O. The van der Waals surface area contributed by atoms with Crippen LogP contribution in [0.1, 0.15) is 37.7 Å². The maximum Gasteiger partial charge on any atom is 0.416 e. The van der Waals surface area contributed by atoms with E-state index in [4.69, 9.17) is 4.74 Å². The summed E-state index contributed by atoms with van der Waals surface area (Å²) >= 11 is 0. The van der Waals surface area contributed by atoms with Crippen LogP contribution in [0, 0.1) is 0 Å². The van der Waals surface area contributed by atoms with Crippen LogP contribution in [0.15, 0.2) is 47.6 Å². The van der Waals surface area contributed by atoms with Crippen molar-refractivity contribution in [1.82, 2.24) is 25.2 Å². The topological polar surface area (TPSA) is 75.8 Å². The SMILES string of the molecule is CN=C(NCCc1nnc2ccccn12)NCc1ccc(OC(C)(C)C)cc1C(F)(F)F. The van der Waals surface area contributed by atoms with E-state index in [1.807, 2.05) is 28.8 Å². The van der Waals surface area contributed by atoms with Crippen molar-refractivity contribution >= 4 is 11.6 Å². The number of hydrogen-bond acceptors (Lipinski definition) is 4. The maximum absolute atomic E-state index is 13.6. The third-order valence-corrected chi connectivity index (χ3v) is 4.51. The van der Waals surface area contributed by atoms with Crippen LogP contribution in [0.5, 0.6) is 5.75 Å². The summed E-state index contributed by atoms with van der Waals surface area (Å²) in [4.78, 5) is 4.09. The predicted octanol–water partition coefficient (Wildman–Crippen LogP) is 3.83. The van der Waals surface area contributed by atoms with Crippen LogP contribution >= 0.6 is 0 Å². The average Bonchev–Trinajstić information content (AvgIpc) is 3.12. The number of aliphatic imine (C=N–C) groups is 1. The molecule has 0 aliphatic rings. The van der Waals surface area contributed by atoms with Crippen LogP contribution in [0.25, 0.3) is 5.65 Å². The molecule has 3 aromatic rings. The summed E-state index contributed by atoms with van der Waals surface area (Å²) < 4.78 is 48.3. The standard InChI is InChI=1S/C22H27F3N6O/c1-21(2,3)32-16-9-8-15(17(13-16)22(23,24)25)14-28-20(26-4)27-11-10-19-30-29-18-7-5-6-12-31(18)19/h5-9,12-13H,10-11,14H2,1-4H3,(H2,26,27,28). The molecule has 2 N–H and O–H groups in total. The van der Waals surface area contributed by atoms with Gasteiger partial charge in [0, 0.05) is 32.8 Å². The highest BCUT2D eigenvalue weighted by Gasteiger charge is 2.34. The molecule has 0 spiro atoms. The Bertz CT molecular complexity index is 1090. The van der Waals surface area contributed by atoms with E-state index in [0.29, 0.717) is 18.9 Å². The zero-order valence-electron chi connectivity index (χ0n) is 18.5. The first-order valence-corrected chi connectivity index (χ1v) is 10.2. The first-order valence-electron chi connectivity index (χ1n) is 10.2. The van der Waals surface area contributed by atoms with E-state index in [1.165, 1.54) is 6.07 Å². The number of hydrogen-bond donors (Lipinski definition) is 2. The molecule has 0 saturated heterocycles. The Kier molecular flexibility index (Phi) is 6.90. The molecule has 0 aliphatic heterocycles. The lowest BCUT2D eigenvalue weighted by atomic mass is 10.1. The number of aromatic nitrogens is 3. The van der Waals surface area contributed by atoms with Gasteiger partial charge in [-0.05, 0) is 50.6 Å². The monoisotopic (exact) mass is 448 g/mol. The van der Waals surface area contributed by atoms with Crippen molar-refractivity contribution in [1.29, 1.82) is 0 Å². The highest BCUT2D eigenvalue weighted by atomic mass is 19.4. The molecule has 0 fully saturated rings. The molecule has 32 heavy (non-hydrogen) atoms. The summed E-state index contributed by atoms with van der Waals surface area (Å²) in [5.74, 6) is 1.34. The number of nitrogens with zero attached hydrogens (tertiary/aromatic N) is 4. The highest BCUT2D eigenvalue weighted by molar-refractivity contribution is 5.79. The molecule has 3 rings (SSSR count). The van der Waals surface area contributed by atoms with E-state index < -0.39 is 17.3 Å². The molecule has 7 nitrogen and oxygen atoms in total. The van der Waals surface area contributed by atoms with Crippen LogP contribution in [-0.4, -0.2) is 39.8 Å². The Hall–Kier alpha value is -3.30. The Morgan fingerprint density at radius 1 is 1.09 bits per heavy atom. The molecule has 2 aromatic heterocycles. The molecular weight excluding hydrogens is 421 g/mol. The smallest absolute Gasteiger partial charge is 0.416 e. The molecule has 0 aliphatic carbocycles. The highest BCUT2D eigenvalue weighted by Crippen LogP contribution is 2.35. The third-order valence-electron chi connectivity index (χ3n) is 4.51. The van der Waals surface area contributed by atoms with Crippen LogP contribution < -0.4 is 15.4 Å². The van der Waals surface area contributed by atoms with Crippen molar-refractivity contribution in [3.8, 4) is 5.75 Å². The van der Waals surface area contributed by atoms with E-state index in [2.05, 4.69) is 25.8 Å². The van der Waals surface area contributed by atoms with Crippen LogP contribution in [0.2, 0.25) is 0 Å². The number of alkyl halides is 3. The lowest BCUT2D eigenvalue weighted by molar-refractivity contribution is -0.138. The number of guanidine groups is 1. The van der Waals surface area contributed by atoms with E-state index in [0.717, 1.165) is 17.5 Å². The van der Waals surface area contributed by atoms with Crippen molar-refractivity contribution in [2.75, 3.05) is 13.6 Å². The molecule has 0 amide bonds. The van der Waals surface area contributed by atoms with Gasteiger partial charge in [-0.3, -0.25) is 9.39 Å². The van der Waals surface area contributed by atoms with Gasteiger partial charge in [0.1, 0.15) is 17.2 Å². The number of benzene rings is 1.